The Kier molecular flexibility index (Phi) is 4.88. The van der Waals surface area contributed by atoms with Gasteiger partial charge in [-0.15, -0.1) is 11.3 Å². The third-order valence-electron chi connectivity index (χ3n) is 4.39. The monoisotopic (exact) mass is 310 g/mol. The third kappa shape index (κ3) is 3.56. The Morgan fingerprint density at radius 3 is 2.62 bits per heavy atom. The van der Waals surface area contributed by atoms with Crippen LogP contribution < -0.4 is 10.6 Å². The average molecular weight is 310 g/mol. The average Bonchev–Trinajstić information content (AvgIpc) is 2.92. The van der Waals surface area contributed by atoms with Crippen molar-refractivity contribution in [3.8, 4) is 0 Å². The molecule has 1 aromatic heterocycles. The van der Waals surface area contributed by atoms with Crippen LogP contribution in [0.3, 0.4) is 0 Å². The molecule has 116 valence electrons. The van der Waals surface area contributed by atoms with Crippen molar-refractivity contribution in [1.82, 2.24) is 5.32 Å². The number of carbonyl (C=O) groups is 2. The number of aromatic carboxylic acids is 1. The van der Waals surface area contributed by atoms with Crippen LogP contribution in [0.1, 0.15) is 47.0 Å². The summed E-state index contributed by atoms with van der Waals surface area (Å²) in [4.78, 5) is 24.2. The van der Waals surface area contributed by atoms with E-state index in [2.05, 4.69) is 17.6 Å². The van der Waals surface area contributed by atoms with E-state index in [1.807, 2.05) is 6.92 Å². The van der Waals surface area contributed by atoms with Crippen LogP contribution in [0.5, 0.6) is 0 Å². The predicted octanol–water partition coefficient (Wildman–Crippen LogP) is 3.62. The van der Waals surface area contributed by atoms with E-state index in [4.69, 9.17) is 0 Å². The molecule has 0 aromatic carbocycles. The summed E-state index contributed by atoms with van der Waals surface area (Å²) in [5.74, 6) is 0.171. The van der Waals surface area contributed by atoms with E-state index >= 15 is 0 Å². The van der Waals surface area contributed by atoms with Gasteiger partial charge in [-0.3, -0.25) is 5.32 Å². The SMILES string of the molecule is Cc1sc(NC(=O)NCC2CCCC2C)c(C(=O)O)c1C. The molecule has 2 atom stereocenters. The van der Waals surface area contributed by atoms with Crippen LogP contribution in [0, 0.1) is 25.7 Å². The first kappa shape index (κ1) is 15.8. The molecule has 2 rings (SSSR count). The predicted molar refractivity (Wildman–Crippen MR) is 84.3 cm³/mol. The Labute approximate surface area is 128 Å². The van der Waals surface area contributed by atoms with E-state index in [0.717, 1.165) is 11.3 Å². The highest BCUT2D eigenvalue weighted by atomic mass is 32.1. The number of hydrogen-bond acceptors (Lipinski definition) is 3. The molecule has 3 N–H and O–H groups in total. The maximum Gasteiger partial charge on any atom is 0.338 e. The molecule has 5 nitrogen and oxygen atoms in total. The molecule has 6 heteroatoms. The van der Waals surface area contributed by atoms with Crippen LogP contribution in [0.15, 0.2) is 0 Å². The number of urea groups is 1. The van der Waals surface area contributed by atoms with E-state index in [1.165, 1.54) is 24.2 Å². The molecule has 1 aliphatic carbocycles. The Hall–Kier alpha value is -1.56. The highest BCUT2D eigenvalue weighted by Gasteiger charge is 2.24. The summed E-state index contributed by atoms with van der Waals surface area (Å²) in [6.45, 7) is 6.48. The Morgan fingerprint density at radius 1 is 1.33 bits per heavy atom. The van der Waals surface area contributed by atoms with Gasteiger partial charge < -0.3 is 10.4 Å². The molecular weight excluding hydrogens is 288 g/mol. The molecule has 1 fully saturated rings. The van der Waals surface area contributed by atoms with Gasteiger partial charge in [0.2, 0.25) is 0 Å². The van der Waals surface area contributed by atoms with Gasteiger partial charge in [0.1, 0.15) is 5.00 Å². The zero-order chi connectivity index (χ0) is 15.6. The second-order valence-corrected chi connectivity index (χ2v) is 7.02. The molecule has 1 aliphatic rings. The number of carboxylic acids is 1. The summed E-state index contributed by atoms with van der Waals surface area (Å²) < 4.78 is 0. The molecule has 2 amide bonds. The molecule has 0 bridgehead atoms. The molecule has 0 saturated heterocycles. The van der Waals surface area contributed by atoms with Gasteiger partial charge in [0.15, 0.2) is 0 Å². The van der Waals surface area contributed by atoms with Gasteiger partial charge in [0.25, 0.3) is 0 Å². The van der Waals surface area contributed by atoms with Crippen molar-refractivity contribution in [2.75, 3.05) is 11.9 Å². The van der Waals surface area contributed by atoms with Gasteiger partial charge in [-0.05, 0) is 37.7 Å². The van der Waals surface area contributed by atoms with Crippen molar-refractivity contribution >= 4 is 28.3 Å². The van der Waals surface area contributed by atoms with Gasteiger partial charge in [-0.25, -0.2) is 9.59 Å². The fourth-order valence-corrected chi connectivity index (χ4v) is 3.92. The number of hydrogen-bond donors (Lipinski definition) is 3. The van der Waals surface area contributed by atoms with Crippen molar-refractivity contribution in [3.63, 3.8) is 0 Å². The van der Waals surface area contributed by atoms with Crippen LogP contribution in [0.2, 0.25) is 0 Å². The first-order valence-corrected chi connectivity index (χ1v) is 8.10. The van der Waals surface area contributed by atoms with Crippen LogP contribution in [-0.4, -0.2) is 23.7 Å². The van der Waals surface area contributed by atoms with Gasteiger partial charge in [0.05, 0.1) is 5.56 Å². The number of nitrogens with one attached hydrogen (secondary N) is 2. The molecular formula is C15H22N2O3S. The molecule has 1 aromatic rings. The third-order valence-corrected chi connectivity index (χ3v) is 5.51. The number of thiophene rings is 1. The second-order valence-electron chi connectivity index (χ2n) is 5.80. The van der Waals surface area contributed by atoms with Crippen molar-refractivity contribution in [1.29, 1.82) is 0 Å². The normalized spacial score (nSPS) is 21.3. The van der Waals surface area contributed by atoms with Crippen LogP contribution >= 0.6 is 11.3 Å². The first-order chi connectivity index (χ1) is 9.90. The lowest BCUT2D eigenvalue weighted by atomic mass is 9.98. The minimum Gasteiger partial charge on any atom is -0.478 e. The summed E-state index contributed by atoms with van der Waals surface area (Å²) in [6, 6.07) is -0.321. The number of carboxylic acid groups (broad SMARTS) is 1. The fourth-order valence-electron chi connectivity index (χ4n) is 2.87. The summed E-state index contributed by atoms with van der Waals surface area (Å²) >= 11 is 1.30. The zero-order valence-electron chi connectivity index (χ0n) is 12.7. The number of rotatable bonds is 4. The molecule has 1 heterocycles. The minimum absolute atomic E-state index is 0.196. The van der Waals surface area contributed by atoms with Gasteiger partial charge in [-0.1, -0.05) is 19.8 Å². The lowest BCUT2D eigenvalue weighted by Gasteiger charge is -2.16. The lowest BCUT2D eigenvalue weighted by molar-refractivity contribution is 0.0697. The van der Waals surface area contributed by atoms with Crippen molar-refractivity contribution in [2.24, 2.45) is 11.8 Å². The van der Waals surface area contributed by atoms with Crippen LogP contribution in [-0.2, 0) is 0 Å². The highest BCUT2D eigenvalue weighted by molar-refractivity contribution is 7.16. The van der Waals surface area contributed by atoms with Gasteiger partial charge in [0, 0.05) is 11.4 Å². The molecule has 21 heavy (non-hydrogen) atoms. The van der Waals surface area contributed by atoms with Crippen LogP contribution in [0.25, 0.3) is 0 Å². The van der Waals surface area contributed by atoms with E-state index in [0.29, 0.717) is 28.9 Å². The fraction of sp³-hybridized carbons (Fsp3) is 0.600. The van der Waals surface area contributed by atoms with Crippen molar-refractivity contribution in [3.05, 3.63) is 16.0 Å². The number of anilines is 1. The van der Waals surface area contributed by atoms with Crippen molar-refractivity contribution < 1.29 is 14.7 Å². The van der Waals surface area contributed by atoms with E-state index in [9.17, 15) is 14.7 Å². The number of amides is 2. The van der Waals surface area contributed by atoms with Crippen LogP contribution in [0.4, 0.5) is 9.80 Å². The molecule has 0 aliphatic heterocycles. The maximum atomic E-state index is 12.0. The first-order valence-electron chi connectivity index (χ1n) is 7.28. The minimum atomic E-state index is -1.00. The van der Waals surface area contributed by atoms with E-state index < -0.39 is 5.97 Å². The standard InChI is InChI=1S/C15H22N2O3S/c1-8-5-4-6-11(8)7-16-15(20)17-13-12(14(18)19)9(2)10(3)21-13/h8,11H,4-7H2,1-3H3,(H,18,19)(H2,16,17,20). The van der Waals surface area contributed by atoms with E-state index in [-0.39, 0.29) is 11.6 Å². The number of aryl methyl sites for hydroxylation is 1. The van der Waals surface area contributed by atoms with Gasteiger partial charge >= 0.3 is 12.0 Å². The van der Waals surface area contributed by atoms with E-state index in [1.54, 1.807) is 6.92 Å². The topological polar surface area (TPSA) is 78.4 Å². The molecule has 1 saturated carbocycles. The second kappa shape index (κ2) is 6.47. The Morgan fingerprint density at radius 2 is 2.05 bits per heavy atom. The highest BCUT2D eigenvalue weighted by Crippen LogP contribution is 2.33. The molecule has 0 radical (unpaired) electrons. The largest absolute Gasteiger partial charge is 0.478 e. The maximum absolute atomic E-state index is 12.0. The molecule has 0 spiro atoms. The summed E-state index contributed by atoms with van der Waals surface area (Å²) in [6.07, 6.45) is 3.60. The molecule has 2 unspecified atom stereocenters. The Bertz CT molecular complexity index is 553. The smallest absolute Gasteiger partial charge is 0.338 e. The summed E-state index contributed by atoms with van der Waals surface area (Å²) in [5, 5.41) is 15.2. The summed E-state index contributed by atoms with van der Waals surface area (Å²) in [7, 11) is 0. The lowest BCUT2D eigenvalue weighted by Crippen LogP contribution is -2.33. The quantitative estimate of drug-likeness (QED) is 0.794. The number of carbonyl (C=O) groups excluding carboxylic acids is 1. The zero-order valence-corrected chi connectivity index (χ0v) is 13.5. The Balaban J connectivity index is 1.96. The van der Waals surface area contributed by atoms with Crippen molar-refractivity contribution in [2.45, 2.75) is 40.0 Å². The summed E-state index contributed by atoms with van der Waals surface area (Å²) in [5.41, 5.74) is 0.911. The van der Waals surface area contributed by atoms with Gasteiger partial charge in [-0.2, -0.15) is 0 Å².